The van der Waals surface area contributed by atoms with Crippen LogP contribution in [0.2, 0.25) is 0 Å². The van der Waals surface area contributed by atoms with E-state index in [9.17, 15) is 4.79 Å². The second-order valence-electron chi connectivity index (χ2n) is 4.89. The van der Waals surface area contributed by atoms with Crippen molar-refractivity contribution in [3.8, 4) is 0 Å². The first-order valence-corrected chi connectivity index (χ1v) is 6.79. The predicted octanol–water partition coefficient (Wildman–Crippen LogP) is 3.69. The molecule has 0 amide bonds. The van der Waals surface area contributed by atoms with Crippen LogP contribution in [0.25, 0.3) is 5.65 Å². The summed E-state index contributed by atoms with van der Waals surface area (Å²) < 4.78 is 1.87. The summed E-state index contributed by atoms with van der Waals surface area (Å²) in [6, 6.07) is 12.7. The number of aromatic nitrogens is 2. The highest BCUT2D eigenvalue weighted by Crippen LogP contribution is 2.23. The van der Waals surface area contributed by atoms with Crippen molar-refractivity contribution in [3.63, 3.8) is 0 Å². The fraction of sp³-hybridized carbons (Fsp3) is 0.125. The van der Waals surface area contributed by atoms with Crippen LogP contribution in [-0.4, -0.2) is 20.5 Å². The molecule has 6 nitrogen and oxygen atoms in total. The Morgan fingerprint density at radius 2 is 1.95 bits per heavy atom. The minimum absolute atomic E-state index is 0.00376. The zero-order valence-corrected chi connectivity index (χ0v) is 12.0. The Bertz CT molecular complexity index is 850. The van der Waals surface area contributed by atoms with E-state index in [1.807, 2.05) is 35.7 Å². The number of carboxylic acids is 1. The number of imidazole rings is 1. The molecule has 0 spiro atoms. The van der Waals surface area contributed by atoms with Crippen LogP contribution in [0.15, 0.2) is 58.9 Å². The summed E-state index contributed by atoms with van der Waals surface area (Å²) in [7, 11) is 0. The molecular weight excluding hydrogens is 280 g/mol. The molecule has 110 valence electrons. The fourth-order valence-electron chi connectivity index (χ4n) is 2.18. The van der Waals surface area contributed by atoms with Crippen LogP contribution in [0.4, 0.5) is 11.5 Å². The molecule has 3 rings (SSSR count). The van der Waals surface area contributed by atoms with Gasteiger partial charge in [-0.2, -0.15) is 0 Å². The van der Waals surface area contributed by atoms with Crippen LogP contribution in [0, 0.1) is 6.92 Å². The second kappa shape index (κ2) is 5.77. The molecule has 0 aliphatic heterocycles. The normalized spacial score (nSPS) is 11.3. The number of azo groups is 1. The molecule has 2 aromatic heterocycles. The first-order chi connectivity index (χ1) is 10.6. The topological polar surface area (TPSA) is 79.3 Å². The highest BCUT2D eigenvalue weighted by molar-refractivity contribution is 5.70. The van der Waals surface area contributed by atoms with Gasteiger partial charge in [-0.05, 0) is 36.8 Å². The molecule has 0 saturated heterocycles. The maximum absolute atomic E-state index is 10.6. The zero-order chi connectivity index (χ0) is 15.5. The minimum atomic E-state index is -0.851. The van der Waals surface area contributed by atoms with Crippen molar-refractivity contribution >= 4 is 23.1 Å². The Kier molecular flexibility index (Phi) is 3.65. The van der Waals surface area contributed by atoms with Crippen molar-refractivity contribution in [1.82, 2.24) is 9.38 Å². The minimum Gasteiger partial charge on any atom is -0.481 e. The van der Waals surface area contributed by atoms with Gasteiger partial charge in [-0.25, -0.2) is 4.98 Å². The highest BCUT2D eigenvalue weighted by atomic mass is 16.4. The standard InChI is InChI=1S/C16H14N4O2/c1-11-16(20-9-3-2-4-14(20)17-11)19-18-13-7-5-12(6-8-13)10-15(21)22/h2-9H,10H2,1H3,(H,21,22). The molecule has 0 bridgehead atoms. The molecule has 3 aromatic rings. The van der Waals surface area contributed by atoms with Crippen LogP contribution in [0.1, 0.15) is 11.3 Å². The Morgan fingerprint density at radius 1 is 1.18 bits per heavy atom. The van der Waals surface area contributed by atoms with Gasteiger partial charge in [0, 0.05) is 6.20 Å². The van der Waals surface area contributed by atoms with Gasteiger partial charge in [0.2, 0.25) is 0 Å². The number of carbonyl (C=O) groups is 1. The highest BCUT2D eigenvalue weighted by Gasteiger charge is 2.06. The first-order valence-electron chi connectivity index (χ1n) is 6.79. The van der Waals surface area contributed by atoms with Gasteiger partial charge in [0.25, 0.3) is 0 Å². The summed E-state index contributed by atoms with van der Waals surface area (Å²) in [5, 5.41) is 17.2. The predicted molar refractivity (Wildman–Crippen MR) is 81.9 cm³/mol. The van der Waals surface area contributed by atoms with E-state index in [0.29, 0.717) is 11.5 Å². The van der Waals surface area contributed by atoms with E-state index in [1.54, 1.807) is 24.3 Å². The van der Waals surface area contributed by atoms with Crippen LogP contribution in [0.5, 0.6) is 0 Å². The van der Waals surface area contributed by atoms with Crippen LogP contribution >= 0.6 is 0 Å². The van der Waals surface area contributed by atoms with E-state index in [1.165, 1.54) is 0 Å². The molecule has 2 heterocycles. The Balaban J connectivity index is 1.86. The number of pyridine rings is 1. The van der Waals surface area contributed by atoms with Crippen molar-refractivity contribution in [3.05, 3.63) is 59.9 Å². The maximum atomic E-state index is 10.6. The lowest BCUT2D eigenvalue weighted by Crippen LogP contribution is -1.99. The van der Waals surface area contributed by atoms with E-state index in [-0.39, 0.29) is 6.42 Å². The Labute approximate surface area is 126 Å². The number of nitrogens with zero attached hydrogens (tertiary/aromatic N) is 4. The molecule has 0 atom stereocenters. The van der Waals surface area contributed by atoms with Crippen molar-refractivity contribution in [2.24, 2.45) is 10.2 Å². The van der Waals surface area contributed by atoms with Crippen molar-refractivity contribution < 1.29 is 9.90 Å². The molecule has 1 N–H and O–H groups in total. The summed E-state index contributed by atoms with van der Waals surface area (Å²) in [4.78, 5) is 15.1. The molecule has 0 aliphatic carbocycles. The third-order valence-electron chi connectivity index (χ3n) is 3.22. The van der Waals surface area contributed by atoms with Crippen LogP contribution in [-0.2, 0) is 11.2 Å². The summed E-state index contributed by atoms with van der Waals surface area (Å²) in [6.07, 6.45) is 1.89. The number of rotatable bonds is 4. The van der Waals surface area contributed by atoms with Gasteiger partial charge in [-0.15, -0.1) is 10.2 Å². The summed E-state index contributed by atoms with van der Waals surface area (Å²) in [6.45, 7) is 1.89. The number of benzene rings is 1. The number of fused-ring (bicyclic) bond motifs is 1. The van der Waals surface area contributed by atoms with E-state index < -0.39 is 5.97 Å². The van der Waals surface area contributed by atoms with Gasteiger partial charge in [-0.3, -0.25) is 9.20 Å². The number of hydrogen-bond acceptors (Lipinski definition) is 4. The number of aryl methyl sites for hydroxylation is 1. The quantitative estimate of drug-likeness (QED) is 0.745. The third kappa shape index (κ3) is 2.85. The molecule has 22 heavy (non-hydrogen) atoms. The van der Waals surface area contributed by atoms with Crippen molar-refractivity contribution in [2.45, 2.75) is 13.3 Å². The average Bonchev–Trinajstić information content (AvgIpc) is 2.81. The smallest absolute Gasteiger partial charge is 0.307 e. The number of hydrogen-bond donors (Lipinski definition) is 1. The SMILES string of the molecule is Cc1nc2ccccn2c1N=Nc1ccc(CC(=O)O)cc1. The van der Waals surface area contributed by atoms with Gasteiger partial charge in [0.15, 0.2) is 5.82 Å². The van der Waals surface area contributed by atoms with Crippen LogP contribution in [0.3, 0.4) is 0 Å². The molecule has 0 aliphatic rings. The van der Waals surface area contributed by atoms with Gasteiger partial charge in [0.1, 0.15) is 5.65 Å². The summed E-state index contributed by atoms with van der Waals surface area (Å²) in [5.74, 6) is -0.166. The fourth-order valence-corrected chi connectivity index (χ4v) is 2.18. The van der Waals surface area contributed by atoms with Crippen molar-refractivity contribution in [1.29, 1.82) is 0 Å². The van der Waals surface area contributed by atoms with E-state index in [2.05, 4.69) is 15.2 Å². The Morgan fingerprint density at radius 3 is 2.68 bits per heavy atom. The Hall–Kier alpha value is -3.02. The average molecular weight is 294 g/mol. The maximum Gasteiger partial charge on any atom is 0.307 e. The summed E-state index contributed by atoms with van der Waals surface area (Å²) >= 11 is 0. The third-order valence-corrected chi connectivity index (χ3v) is 3.22. The van der Waals surface area contributed by atoms with Gasteiger partial charge < -0.3 is 5.11 Å². The molecule has 0 radical (unpaired) electrons. The molecule has 0 unspecified atom stereocenters. The van der Waals surface area contributed by atoms with Crippen LogP contribution < -0.4 is 0 Å². The van der Waals surface area contributed by atoms with E-state index in [0.717, 1.165) is 16.9 Å². The number of aliphatic carboxylic acids is 1. The molecule has 6 heteroatoms. The molecular formula is C16H14N4O2. The lowest BCUT2D eigenvalue weighted by atomic mass is 10.1. The monoisotopic (exact) mass is 294 g/mol. The lowest BCUT2D eigenvalue weighted by Gasteiger charge is -1.98. The lowest BCUT2D eigenvalue weighted by molar-refractivity contribution is -0.136. The van der Waals surface area contributed by atoms with Gasteiger partial charge >= 0.3 is 5.97 Å². The largest absolute Gasteiger partial charge is 0.481 e. The molecule has 1 aromatic carbocycles. The van der Waals surface area contributed by atoms with Gasteiger partial charge in [-0.1, -0.05) is 18.2 Å². The number of carboxylic acid groups (broad SMARTS) is 1. The second-order valence-corrected chi connectivity index (χ2v) is 4.89. The first kappa shape index (κ1) is 13.9. The van der Waals surface area contributed by atoms with Crippen molar-refractivity contribution in [2.75, 3.05) is 0 Å². The van der Waals surface area contributed by atoms with E-state index >= 15 is 0 Å². The molecule has 0 fully saturated rings. The van der Waals surface area contributed by atoms with Gasteiger partial charge in [0.05, 0.1) is 17.8 Å². The van der Waals surface area contributed by atoms with E-state index in [4.69, 9.17) is 5.11 Å². The zero-order valence-electron chi connectivity index (χ0n) is 12.0. The molecule has 0 saturated carbocycles. The summed E-state index contributed by atoms with van der Waals surface area (Å²) in [5.41, 5.74) is 3.03.